The minimum Gasteiger partial charge on any atom is -0.356 e. The number of unbranched alkanes of at least 4 members (excludes halogenated alkanes) is 1. The van der Waals surface area contributed by atoms with Crippen molar-refractivity contribution in [2.45, 2.75) is 65.3 Å². The Hall–Kier alpha value is -2.43. The molecule has 5 nitrogen and oxygen atoms in total. The van der Waals surface area contributed by atoms with E-state index in [9.17, 15) is 4.79 Å². The lowest BCUT2D eigenvalue weighted by Gasteiger charge is -2.33. The van der Waals surface area contributed by atoms with Gasteiger partial charge < -0.3 is 9.80 Å². The maximum Gasteiger partial charge on any atom is 0.225 e. The fourth-order valence-electron chi connectivity index (χ4n) is 4.70. The van der Waals surface area contributed by atoms with E-state index in [1.54, 1.807) is 0 Å². The van der Waals surface area contributed by atoms with Gasteiger partial charge in [-0.05, 0) is 25.7 Å². The number of fused-ring (bicyclic) bond motifs is 1. The Kier molecular flexibility index (Phi) is 6.66. The number of hydrogen-bond donors (Lipinski definition) is 0. The number of carbonyl (C=O) groups is 1. The van der Waals surface area contributed by atoms with Crippen LogP contribution < -0.4 is 4.90 Å². The van der Waals surface area contributed by atoms with Gasteiger partial charge in [0.1, 0.15) is 5.82 Å². The van der Waals surface area contributed by atoms with Gasteiger partial charge in [0.15, 0.2) is 5.82 Å². The van der Waals surface area contributed by atoms with Crippen LogP contribution >= 0.6 is 0 Å². The molecule has 3 heterocycles. The Morgan fingerprint density at radius 3 is 2.53 bits per heavy atom. The molecule has 2 aliphatic heterocycles. The van der Waals surface area contributed by atoms with Crippen LogP contribution in [0.15, 0.2) is 30.3 Å². The SMILES string of the molecule is CCCC[C@@H](CC)C(=O)N1CCc2nc(-c3ccccc3)nc(N3CCCC3)c2C1. The quantitative estimate of drug-likeness (QED) is 0.660. The zero-order chi connectivity index (χ0) is 20.9. The van der Waals surface area contributed by atoms with E-state index in [2.05, 4.69) is 35.8 Å². The molecular weight excluding hydrogens is 372 g/mol. The summed E-state index contributed by atoms with van der Waals surface area (Å²) >= 11 is 0. The molecule has 160 valence electrons. The smallest absolute Gasteiger partial charge is 0.225 e. The minimum absolute atomic E-state index is 0.145. The molecule has 1 fully saturated rings. The van der Waals surface area contributed by atoms with Gasteiger partial charge in [-0.2, -0.15) is 0 Å². The van der Waals surface area contributed by atoms with Crippen LogP contribution in [0.5, 0.6) is 0 Å². The first-order valence-electron chi connectivity index (χ1n) is 11.7. The first-order valence-corrected chi connectivity index (χ1v) is 11.7. The summed E-state index contributed by atoms with van der Waals surface area (Å²) in [5.74, 6) is 2.32. The summed E-state index contributed by atoms with van der Waals surface area (Å²) in [6.07, 6.45) is 7.41. The van der Waals surface area contributed by atoms with Crippen molar-refractivity contribution in [3.63, 3.8) is 0 Å². The molecule has 2 aliphatic rings. The summed E-state index contributed by atoms with van der Waals surface area (Å²) in [6.45, 7) is 7.83. The highest BCUT2D eigenvalue weighted by atomic mass is 16.2. The molecule has 1 atom stereocenters. The summed E-state index contributed by atoms with van der Waals surface area (Å²) in [5.41, 5.74) is 3.35. The molecule has 0 aliphatic carbocycles. The summed E-state index contributed by atoms with van der Waals surface area (Å²) in [6, 6.07) is 10.3. The summed E-state index contributed by atoms with van der Waals surface area (Å²) < 4.78 is 0. The van der Waals surface area contributed by atoms with Crippen LogP contribution in [0.2, 0.25) is 0 Å². The van der Waals surface area contributed by atoms with E-state index in [4.69, 9.17) is 9.97 Å². The summed E-state index contributed by atoms with van der Waals surface area (Å²) in [4.78, 5) is 27.7. The van der Waals surface area contributed by atoms with Crippen LogP contribution in [0, 0.1) is 5.92 Å². The van der Waals surface area contributed by atoms with Gasteiger partial charge in [0.2, 0.25) is 5.91 Å². The van der Waals surface area contributed by atoms with E-state index in [1.165, 1.54) is 18.4 Å². The van der Waals surface area contributed by atoms with Crippen LogP contribution in [-0.4, -0.2) is 40.4 Å². The topological polar surface area (TPSA) is 49.3 Å². The second-order valence-corrected chi connectivity index (χ2v) is 8.61. The normalized spacial score (nSPS) is 17.1. The highest BCUT2D eigenvalue weighted by Gasteiger charge is 2.31. The number of nitrogens with zero attached hydrogens (tertiary/aromatic N) is 4. The molecule has 0 unspecified atom stereocenters. The zero-order valence-electron chi connectivity index (χ0n) is 18.4. The molecule has 1 saturated heterocycles. The van der Waals surface area contributed by atoms with E-state index in [1.807, 2.05) is 18.2 Å². The number of carbonyl (C=O) groups excluding carboxylic acids is 1. The summed E-state index contributed by atoms with van der Waals surface area (Å²) in [7, 11) is 0. The Balaban J connectivity index is 1.65. The number of aromatic nitrogens is 2. The molecule has 0 spiro atoms. The second-order valence-electron chi connectivity index (χ2n) is 8.61. The average Bonchev–Trinajstić information content (AvgIpc) is 3.33. The van der Waals surface area contributed by atoms with Gasteiger partial charge in [-0.25, -0.2) is 9.97 Å². The van der Waals surface area contributed by atoms with Gasteiger partial charge >= 0.3 is 0 Å². The van der Waals surface area contributed by atoms with E-state index >= 15 is 0 Å². The van der Waals surface area contributed by atoms with Crippen molar-refractivity contribution in [3.05, 3.63) is 41.6 Å². The van der Waals surface area contributed by atoms with Crippen LogP contribution in [0.1, 0.15) is 63.6 Å². The van der Waals surface area contributed by atoms with Crippen LogP contribution in [0.3, 0.4) is 0 Å². The highest BCUT2D eigenvalue weighted by molar-refractivity contribution is 5.79. The van der Waals surface area contributed by atoms with E-state index < -0.39 is 0 Å². The molecule has 30 heavy (non-hydrogen) atoms. The minimum atomic E-state index is 0.145. The predicted molar refractivity (Wildman–Crippen MR) is 121 cm³/mol. The van der Waals surface area contributed by atoms with Crippen LogP contribution in [-0.2, 0) is 17.8 Å². The van der Waals surface area contributed by atoms with Gasteiger partial charge in [0, 0.05) is 43.1 Å². The lowest BCUT2D eigenvalue weighted by Crippen LogP contribution is -2.41. The van der Waals surface area contributed by atoms with Crippen molar-refractivity contribution in [1.82, 2.24) is 14.9 Å². The van der Waals surface area contributed by atoms with Gasteiger partial charge in [0.05, 0.1) is 12.2 Å². The number of anilines is 1. The van der Waals surface area contributed by atoms with Crippen molar-refractivity contribution >= 4 is 11.7 Å². The largest absolute Gasteiger partial charge is 0.356 e. The number of rotatable bonds is 7. The molecule has 1 aromatic heterocycles. The molecule has 2 aromatic rings. The van der Waals surface area contributed by atoms with E-state index in [0.29, 0.717) is 12.5 Å². The fourth-order valence-corrected chi connectivity index (χ4v) is 4.70. The molecule has 0 bridgehead atoms. The first-order chi connectivity index (χ1) is 14.7. The second kappa shape index (κ2) is 9.59. The van der Waals surface area contributed by atoms with Crippen LogP contribution in [0.4, 0.5) is 5.82 Å². The predicted octanol–water partition coefficient (Wildman–Crippen LogP) is 4.84. The molecule has 5 heteroatoms. The monoisotopic (exact) mass is 406 g/mol. The molecular formula is C25H34N4O. The lowest BCUT2D eigenvalue weighted by molar-refractivity contribution is -0.136. The van der Waals surface area contributed by atoms with Gasteiger partial charge in [-0.3, -0.25) is 4.79 Å². The maximum atomic E-state index is 13.2. The maximum absolute atomic E-state index is 13.2. The van der Waals surface area contributed by atoms with Gasteiger partial charge in [0.25, 0.3) is 0 Å². The zero-order valence-corrected chi connectivity index (χ0v) is 18.4. The van der Waals surface area contributed by atoms with Gasteiger partial charge in [-0.1, -0.05) is 57.0 Å². The number of benzene rings is 1. The van der Waals surface area contributed by atoms with Crippen molar-refractivity contribution in [2.75, 3.05) is 24.5 Å². The number of amides is 1. The van der Waals surface area contributed by atoms with Gasteiger partial charge in [-0.15, -0.1) is 0 Å². The van der Waals surface area contributed by atoms with Crippen LogP contribution in [0.25, 0.3) is 11.4 Å². The Morgan fingerprint density at radius 1 is 1.07 bits per heavy atom. The third-order valence-electron chi connectivity index (χ3n) is 6.54. The van der Waals surface area contributed by atoms with E-state index in [-0.39, 0.29) is 5.92 Å². The number of hydrogen-bond acceptors (Lipinski definition) is 4. The standard InChI is InChI=1S/C25H34N4O/c1-3-5-11-19(4-2)25(30)29-17-14-22-21(18-29)24(28-15-9-10-16-28)27-23(26-22)20-12-7-6-8-13-20/h6-8,12-13,19H,3-5,9-11,14-18H2,1-2H3/t19-/m1/s1. The Bertz CT molecular complexity index is 861. The molecule has 0 saturated carbocycles. The fraction of sp³-hybridized carbons (Fsp3) is 0.560. The average molecular weight is 407 g/mol. The molecule has 1 amide bonds. The molecule has 1 aromatic carbocycles. The van der Waals surface area contributed by atoms with Crippen molar-refractivity contribution in [3.8, 4) is 11.4 Å². The first kappa shape index (κ1) is 20.8. The van der Waals surface area contributed by atoms with Crippen molar-refractivity contribution in [2.24, 2.45) is 5.92 Å². The Labute approximate surface area is 180 Å². The van der Waals surface area contributed by atoms with E-state index in [0.717, 1.165) is 74.6 Å². The Morgan fingerprint density at radius 2 is 1.83 bits per heavy atom. The van der Waals surface area contributed by atoms with Crippen molar-refractivity contribution in [1.29, 1.82) is 0 Å². The summed E-state index contributed by atoms with van der Waals surface area (Å²) in [5, 5.41) is 0. The lowest BCUT2D eigenvalue weighted by atomic mass is 9.96. The van der Waals surface area contributed by atoms with Crippen molar-refractivity contribution < 1.29 is 4.79 Å². The molecule has 0 N–H and O–H groups in total. The third-order valence-corrected chi connectivity index (χ3v) is 6.54. The molecule has 0 radical (unpaired) electrons. The highest BCUT2D eigenvalue weighted by Crippen LogP contribution is 2.32. The third kappa shape index (κ3) is 4.35. The molecule has 4 rings (SSSR count).